The summed E-state index contributed by atoms with van der Waals surface area (Å²) in [4.78, 5) is 23.6. The molecule has 26 heavy (non-hydrogen) atoms. The second-order valence-electron chi connectivity index (χ2n) is 5.72. The Labute approximate surface area is 147 Å². The maximum Gasteiger partial charge on any atom is 0.416 e. The van der Waals surface area contributed by atoms with Crippen LogP contribution in [-0.2, 0) is 28.6 Å². The van der Waals surface area contributed by atoms with Crippen LogP contribution in [0, 0.1) is 5.82 Å². The number of carbonyl (C=O) groups excluding carboxylic acids is 2. The van der Waals surface area contributed by atoms with Crippen molar-refractivity contribution in [2.75, 3.05) is 0 Å². The Morgan fingerprint density at radius 1 is 0.962 bits per heavy atom. The van der Waals surface area contributed by atoms with E-state index in [1.165, 1.54) is 36.4 Å². The van der Waals surface area contributed by atoms with Crippen LogP contribution in [0.15, 0.2) is 48.5 Å². The molecule has 2 aromatic rings. The van der Waals surface area contributed by atoms with Crippen LogP contribution >= 0.6 is 0 Å². The van der Waals surface area contributed by atoms with Crippen LogP contribution in [0.3, 0.4) is 0 Å². The van der Waals surface area contributed by atoms with E-state index in [2.05, 4.69) is 5.32 Å². The molecule has 0 aliphatic rings. The third-order valence-electron chi connectivity index (χ3n) is 3.68. The SMILES string of the molecule is NC(=O)[C@H](Cc1ccc(C(F)(F)F)cc1)NC(=O)Cc1ccc(F)cc1. The molecule has 0 heterocycles. The fourth-order valence-corrected chi connectivity index (χ4v) is 2.32. The summed E-state index contributed by atoms with van der Waals surface area (Å²) < 4.78 is 50.5. The summed E-state index contributed by atoms with van der Waals surface area (Å²) in [6, 6.07) is 8.46. The minimum Gasteiger partial charge on any atom is -0.368 e. The fourth-order valence-electron chi connectivity index (χ4n) is 2.32. The van der Waals surface area contributed by atoms with Crippen molar-refractivity contribution < 1.29 is 27.2 Å². The van der Waals surface area contributed by atoms with Crippen molar-refractivity contribution in [2.45, 2.75) is 25.1 Å². The number of rotatable bonds is 6. The molecular weight excluding hydrogens is 352 g/mol. The summed E-state index contributed by atoms with van der Waals surface area (Å²) in [7, 11) is 0. The van der Waals surface area contributed by atoms with Crippen molar-refractivity contribution in [1.82, 2.24) is 5.32 Å². The molecule has 1 atom stereocenters. The van der Waals surface area contributed by atoms with E-state index in [0.29, 0.717) is 11.1 Å². The second kappa shape index (κ2) is 7.99. The number of alkyl halides is 3. The predicted molar refractivity (Wildman–Crippen MR) is 86.4 cm³/mol. The number of primary amides is 1. The minimum absolute atomic E-state index is 0.0391. The summed E-state index contributed by atoms with van der Waals surface area (Å²) in [5.41, 5.74) is 5.42. The number of nitrogens with one attached hydrogen (secondary N) is 1. The molecule has 2 rings (SSSR count). The first kappa shape index (κ1) is 19.4. The largest absolute Gasteiger partial charge is 0.416 e. The van der Waals surface area contributed by atoms with Crippen LogP contribution in [-0.4, -0.2) is 17.9 Å². The Morgan fingerprint density at radius 2 is 1.50 bits per heavy atom. The molecule has 138 valence electrons. The number of benzene rings is 2. The van der Waals surface area contributed by atoms with Gasteiger partial charge in [-0.3, -0.25) is 9.59 Å². The molecule has 3 N–H and O–H groups in total. The summed E-state index contributed by atoms with van der Waals surface area (Å²) in [5.74, 6) is -1.75. The average Bonchev–Trinajstić information content (AvgIpc) is 2.56. The molecule has 0 bridgehead atoms. The van der Waals surface area contributed by atoms with E-state index >= 15 is 0 Å². The molecule has 0 spiro atoms. The van der Waals surface area contributed by atoms with E-state index in [1.807, 2.05) is 0 Å². The summed E-state index contributed by atoms with van der Waals surface area (Å²) in [6.45, 7) is 0. The molecule has 2 aromatic carbocycles. The van der Waals surface area contributed by atoms with Gasteiger partial charge in [-0.25, -0.2) is 4.39 Å². The van der Waals surface area contributed by atoms with Gasteiger partial charge in [0.15, 0.2) is 0 Å². The summed E-state index contributed by atoms with van der Waals surface area (Å²) in [5, 5.41) is 2.44. The summed E-state index contributed by atoms with van der Waals surface area (Å²) in [6.07, 6.45) is -4.58. The van der Waals surface area contributed by atoms with Crippen molar-refractivity contribution in [2.24, 2.45) is 5.73 Å². The number of hydrogen-bond acceptors (Lipinski definition) is 2. The number of halogens is 4. The first-order valence-electron chi connectivity index (χ1n) is 7.64. The zero-order chi connectivity index (χ0) is 19.3. The van der Waals surface area contributed by atoms with Gasteiger partial charge < -0.3 is 11.1 Å². The Morgan fingerprint density at radius 3 is 2.00 bits per heavy atom. The fraction of sp³-hybridized carbons (Fsp3) is 0.222. The Kier molecular flexibility index (Phi) is 5.97. The normalized spacial score (nSPS) is 12.5. The summed E-state index contributed by atoms with van der Waals surface area (Å²) >= 11 is 0. The molecule has 8 heteroatoms. The first-order valence-corrected chi connectivity index (χ1v) is 7.64. The molecule has 0 aliphatic carbocycles. The van der Waals surface area contributed by atoms with Crippen molar-refractivity contribution in [3.63, 3.8) is 0 Å². The number of carbonyl (C=O) groups is 2. The van der Waals surface area contributed by atoms with E-state index in [9.17, 15) is 27.2 Å². The van der Waals surface area contributed by atoms with Gasteiger partial charge in [0, 0.05) is 6.42 Å². The lowest BCUT2D eigenvalue weighted by Gasteiger charge is -2.16. The molecule has 0 saturated carbocycles. The van der Waals surface area contributed by atoms with Gasteiger partial charge in [0.25, 0.3) is 0 Å². The lowest BCUT2D eigenvalue weighted by molar-refractivity contribution is -0.137. The highest BCUT2D eigenvalue weighted by Gasteiger charge is 2.30. The molecule has 0 unspecified atom stereocenters. The topological polar surface area (TPSA) is 72.2 Å². The number of amides is 2. The Bertz CT molecular complexity index is 771. The standard InChI is InChI=1S/C18H16F4N2O2/c19-14-7-3-12(4-8-14)10-16(25)24-15(17(23)26)9-11-1-5-13(6-2-11)18(20,21)22/h1-8,15H,9-10H2,(H2,23,26)(H,24,25)/t15-/m0/s1. The van der Waals surface area contributed by atoms with Crippen LogP contribution < -0.4 is 11.1 Å². The van der Waals surface area contributed by atoms with Gasteiger partial charge >= 0.3 is 6.18 Å². The van der Waals surface area contributed by atoms with E-state index in [4.69, 9.17) is 5.73 Å². The third-order valence-corrected chi connectivity index (χ3v) is 3.68. The Hall–Kier alpha value is -2.90. The lowest BCUT2D eigenvalue weighted by Crippen LogP contribution is -2.46. The first-order chi connectivity index (χ1) is 12.1. The van der Waals surface area contributed by atoms with Gasteiger partial charge in [-0.2, -0.15) is 13.2 Å². The minimum atomic E-state index is -4.45. The predicted octanol–water partition coefficient (Wildman–Crippen LogP) is 2.60. The quantitative estimate of drug-likeness (QED) is 0.770. The monoisotopic (exact) mass is 368 g/mol. The van der Waals surface area contributed by atoms with E-state index in [-0.39, 0.29) is 12.8 Å². The highest BCUT2D eigenvalue weighted by Crippen LogP contribution is 2.29. The molecule has 4 nitrogen and oxygen atoms in total. The van der Waals surface area contributed by atoms with Gasteiger partial charge in [-0.15, -0.1) is 0 Å². The zero-order valence-corrected chi connectivity index (χ0v) is 13.5. The molecule has 0 fully saturated rings. The van der Waals surface area contributed by atoms with Gasteiger partial charge in [0.1, 0.15) is 11.9 Å². The van der Waals surface area contributed by atoms with E-state index < -0.39 is 35.4 Å². The molecule has 0 saturated heterocycles. The van der Waals surface area contributed by atoms with Gasteiger partial charge in [-0.05, 0) is 35.4 Å². The zero-order valence-electron chi connectivity index (χ0n) is 13.5. The average molecular weight is 368 g/mol. The maximum atomic E-state index is 12.9. The third kappa shape index (κ3) is 5.58. The Balaban J connectivity index is 2.01. The highest BCUT2D eigenvalue weighted by atomic mass is 19.4. The van der Waals surface area contributed by atoms with E-state index in [0.717, 1.165) is 12.1 Å². The van der Waals surface area contributed by atoms with Crippen LogP contribution in [0.25, 0.3) is 0 Å². The van der Waals surface area contributed by atoms with Crippen molar-refractivity contribution in [1.29, 1.82) is 0 Å². The lowest BCUT2D eigenvalue weighted by atomic mass is 10.0. The smallest absolute Gasteiger partial charge is 0.368 e. The van der Waals surface area contributed by atoms with Crippen LogP contribution in [0.2, 0.25) is 0 Å². The highest BCUT2D eigenvalue weighted by molar-refractivity contribution is 5.87. The number of nitrogens with two attached hydrogens (primary N) is 1. The maximum absolute atomic E-state index is 12.9. The van der Waals surface area contributed by atoms with Crippen molar-refractivity contribution in [3.8, 4) is 0 Å². The van der Waals surface area contributed by atoms with Crippen LogP contribution in [0.1, 0.15) is 16.7 Å². The van der Waals surface area contributed by atoms with Crippen molar-refractivity contribution in [3.05, 3.63) is 71.0 Å². The van der Waals surface area contributed by atoms with Crippen LogP contribution in [0.4, 0.5) is 17.6 Å². The van der Waals surface area contributed by atoms with E-state index in [1.54, 1.807) is 0 Å². The van der Waals surface area contributed by atoms with Crippen LogP contribution in [0.5, 0.6) is 0 Å². The molecule has 0 aromatic heterocycles. The molecular formula is C18H16F4N2O2. The molecule has 0 aliphatic heterocycles. The molecule has 0 radical (unpaired) electrons. The van der Waals surface area contributed by atoms with Gasteiger partial charge in [0.2, 0.25) is 11.8 Å². The molecule has 2 amide bonds. The van der Waals surface area contributed by atoms with Gasteiger partial charge in [-0.1, -0.05) is 24.3 Å². The van der Waals surface area contributed by atoms with Crippen molar-refractivity contribution >= 4 is 11.8 Å². The second-order valence-corrected chi connectivity index (χ2v) is 5.72. The van der Waals surface area contributed by atoms with Gasteiger partial charge in [0.05, 0.1) is 12.0 Å². The number of hydrogen-bond donors (Lipinski definition) is 2.